The molecule has 0 unspecified atom stereocenters. The smallest absolute Gasteiger partial charge is 0.248 e. The summed E-state index contributed by atoms with van der Waals surface area (Å²) < 4.78 is 0. The fourth-order valence-corrected chi connectivity index (χ4v) is 4.58. The summed E-state index contributed by atoms with van der Waals surface area (Å²) in [5, 5.41) is 3.66. The summed E-state index contributed by atoms with van der Waals surface area (Å²) in [7, 11) is 0. The Hall–Kier alpha value is -2.66. The molecule has 2 aromatic carbocycles. The van der Waals surface area contributed by atoms with E-state index in [-0.39, 0.29) is 5.91 Å². The summed E-state index contributed by atoms with van der Waals surface area (Å²) >= 11 is 1.87. The molecular weight excluding hydrogens is 354 g/mol. The average molecular weight is 375 g/mol. The fraction of sp³-hybridized carbons (Fsp3) is 0.227. The van der Waals surface area contributed by atoms with Crippen molar-refractivity contribution in [2.45, 2.75) is 35.8 Å². The van der Waals surface area contributed by atoms with E-state index in [4.69, 9.17) is 0 Å². The molecular formula is C22H21N3OS. The summed E-state index contributed by atoms with van der Waals surface area (Å²) in [5.74, 6) is -0.163. The molecule has 0 spiro atoms. The maximum absolute atomic E-state index is 12.4. The van der Waals surface area contributed by atoms with Crippen LogP contribution in [0, 0.1) is 0 Å². The monoisotopic (exact) mass is 375 g/mol. The Kier molecular flexibility index (Phi) is 5.49. The minimum absolute atomic E-state index is 0.163. The maximum Gasteiger partial charge on any atom is 0.248 e. The Labute approximate surface area is 163 Å². The second-order valence-electron chi connectivity index (χ2n) is 6.63. The molecule has 136 valence electrons. The van der Waals surface area contributed by atoms with Gasteiger partial charge >= 0.3 is 0 Å². The minimum atomic E-state index is -0.163. The molecule has 1 N–H and O–H groups in total. The third kappa shape index (κ3) is 4.55. The van der Waals surface area contributed by atoms with E-state index >= 15 is 0 Å². The molecule has 27 heavy (non-hydrogen) atoms. The second kappa shape index (κ2) is 8.35. The summed E-state index contributed by atoms with van der Waals surface area (Å²) in [4.78, 5) is 22.4. The lowest BCUT2D eigenvalue weighted by molar-refractivity contribution is -0.111. The van der Waals surface area contributed by atoms with Crippen molar-refractivity contribution in [3.05, 3.63) is 66.5 Å². The van der Waals surface area contributed by atoms with Gasteiger partial charge in [-0.2, -0.15) is 0 Å². The molecule has 1 aromatic heterocycles. The molecule has 1 fully saturated rings. The Bertz CT molecular complexity index is 980. The van der Waals surface area contributed by atoms with Gasteiger partial charge in [0.1, 0.15) is 0 Å². The van der Waals surface area contributed by atoms with Crippen LogP contribution in [0.1, 0.15) is 31.4 Å². The molecule has 4 nitrogen and oxygen atoms in total. The zero-order chi connectivity index (χ0) is 18.5. The molecule has 0 aliphatic heterocycles. The molecule has 5 heteroatoms. The molecule has 1 heterocycles. The number of anilines is 1. The maximum atomic E-state index is 12.4. The lowest BCUT2D eigenvalue weighted by Crippen LogP contribution is -2.09. The van der Waals surface area contributed by atoms with E-state index in [1.165, 1.54) is 31.8 Å². The molecule has 0 bridgehead atoms. The molecule has 4 rings (SSSR count). The van der Waals surface area contributed by atoms with Crippen LogP contribution in [0.4, 0.5) is 5.69 Å². The number of fused-ring (bicyclic) bond motifs is 1. The van der Waals surface area contributed by atoms with Gasteiger partial charge in [0, 0.05) is 16.2 Å². The Morgan fingerprint density at radius 2 is 1.78 bits per heavy atom. The van der Waals surface area contributed by atoms with Gasteiger partial charge in [-0.05, 0) is 43.2 Å². The number of aromatic nitrogens is 2. The number of hydrogen-bond donors (Lipinski definition) is 1. The lowest BCUT2D eigenvalue weighted by atomic mass is 10.3. The lowest BCUT2D eigenvalue weighted by Gasteiger charge is -2.13. The van der Waals surface area contributed by atoms with E-state index in [2.05, 4.69) is 21.4 Å². The van der Waals surface area contributed by atoms with Crippen LogP contribution in [0.15, 0.2) is 65.7 Å². The zero-order valence-electron chi connectivity index (χ0n) is 15.0. The zero-order valence-corrected chi connectivity index (χ0v) is 15.8. The van der Waals surface area contributed by atoms with Crippen LogP contribution in [0.2, 0.25) is 0 Å². The number of para-hydroxylation sites is 3. The van der Waals surface area contributed by atoms with Crippen molar-refractivity contribution < 1.29 is 4.79 Å². The summed E-state index contributed by atoms with van der Waals surface area (Å²) in [6.45, 7) is 0. The van der Waals surface area contributed by atoms with Crippen molar-refractivity contribution in [1.82, 2.24) is 9.97 Å². The number of amides is 1. The molecule has 0 radical (unpaired) electrons. The van der Waals surface area contributed by atoms with Gasteiger partial charge in [-0.1, -0.05) is 37.1 Å². The standard InChI is InChI=1S/C22H21N3OS/c26-22(14-13-16-15-23-18-9-3-4-10-19(18)24-16)25-20-11-5-6-12-21(20)27-17-7-1-2-8-17/h3-6,9-15,17H,1-2,7-8H2,(H,25,26)/b14-13+. The Morgan fingerprint density at radius 1 is 1.04 bits per heavy atom. The highest BCUT2D eigenvalue weighted by molar-refractivity contribution is 8.00. The first-order valence-electron chi connectivity index (χ1n) is 9.24. The summed E-state index contributed by atoms with van der Waals surface area (Å²) in [5.41, 5.74) is 3.20. The molecule has 1 aliphatic rings. The van der Waals surface area contributed by atoms with E-state index in [1.807, 2.05) is 54.2 Å². The van der Waals surface area contributed by atoms with Gasteiger partial charge in [0.2, 0.25) is 5.91 Å². The SMILES string of the molecule is O=C(/C=C/c1cnc2ccccc2n1)Nc1ccccc1SC1CCCC1. The van der Waals surface area contributed by atoms with Crippen LogP contribution in [-0.4, -0.2) is 21.1 Å². The number of nitrogens with zero attached hydrogens (tertiary/aromatic N) is 2. The van der Waals surface area contributed by atoms with Crippen molar-refractivity contribution in [3.63, 3.8) is 0 Å². The summed E-state index contributed by atoms with van der Waals surface area (Å²) in [6, 6.07) is 15.7. The van der Waals surface area contributed by atoms with Crippen molar-refractivity contribution in [2.24, 2.45) is 0 Å². The molecule has 1 aliphatic carbocycles. The van der Waals surface area contributed by atoms with Crippen molar-refractivity contribution in [1.29, 1.82) is 0 Å². The first kappa shape index (κ1) is 17.7. The largest absolute Gasteiger partial charge is 0.321 e. The van der Waals surface area contributed by atoms with Crippen LogP contribution >= 0.6 is 11.8 Å². The first-order valence-corrected chi connectivity index (χ1v) is 10.1. The predicted molar refractivity (Wildman–Crippen MR) is 112 cm³/mol. The number of thioether (sulfide) groups is 1. The van der Waals surface area contributed by atoms with Gasteiger partial charge in [0.25, 0.3) is 0 Å². The highest BCUT2D eigenvalue weighted by Crippen LogP contribution is 2.37. The normalized spacial score (nSPS) is 14.8. The van der Waals surface area contributed by atoms with Gasteiger partial charge in [-0.3, -0.25) is 9.78 Å². The third-order valence-electron chi connectivity index (χ3n) is 4.61. The molecule has 1 saturated carbocycles. The van der Waals surface area contributed by atoms with Gasteiger partial charge in [-0.25, -0.2) is 4.98 Å². The van der Waals surface area contributed by atoms with Crippen LogP contribution in [0.5, 0.6) is 0 Å². The van der Waals surface area contributed by atoms with Crippen molar-refractivity contribution in [3.8, 4) is 0 Å². The van der Waals surface area contributed by atoms with Gasteiger partial charge in [0.05, 0.1) is 28.6 Å². The predicted octanol–water partition coefficient (Wildman–Crippen LogP) is 5.32. The van der Waals surface area contributed by atoms with Gasteiger partial charge < -0.3 is 5.32 Å². The highest BCUT2D eigenvalue weighted by atomic mass is 32.2. The molecule has 3 aromatic rings. The first-order chi connectivity index (χ1) is 13.3. The molecule has 0 atom stereocenters. The topological polar surface area (TPSA) is 54.9 Å². The minimum Gasteiger partial charge on any atom is -0.321 e. The Morgan fingerprint density at radius 3 is 2.63 bits per heavy atom. The number of benzene rings is 2. The number of nitrogens with one attached hydrogen (secondary N) is 1. The van der Waals surface area contributed by atoms with E-state index in [0.717, 1.165) is 21.6 Å². The number of rotatable bonds is 5. The number of hydrogen-bond acceptors (Lipinski definition) is 4. The van der Waals surface area contributed by atoms with E-state index < -0.39 is 0 Å². The van der Waals surface area contributed by atoms with Crippen LogP contribution in [-0.2, 0) is 4.79 Å². The number of carbonyl (C=O) groups is 1. The quantitative estimate of drug-likeness (QED) is 0.614. The average Bonchev–Trinajstić information content (AvgIpc) is 3.21. The number of carbonyl (C=O) groups excluding carboxylic acids is 1. The van der Waals surface area contributed by atoms with Gasteiger partial charge in [0.15, 0.2) is 0 Å². The van der Waals surface area contributed by atoms with E-state index in [1.54, 1.807) is 12.3 Å². The Balaban J connectivity index is 1.44. The summed E-state index contributed by atoms with van der Waals surface area (Å²) in [6.07, 6.45) is 10.0. The molecule has 1 amide bonds. The van der Waals surface area contributed by atoms with Crippen LogP contribution in [0.25, 0.3) is 17.1 Å². The van der Waals surface area contributed by atoms with E-state index in [0.29, 0.717) is 10.9 Å². The van der Waals surface area contributed by atoms with Crippen molar-refractivity contribution in [2.75, 3.05) is 5.32 Å². The van der Waals surface area contributed by atoms with E-state index in [9.17, 15) is 4.79 Å². The van der Waals surface area contributed by atoms with Crippen LogP contribution < -0.4 is 5.32 Å². The second-order valence-corrected chi connectivity index (χ2v) is 7.97. The fourth-order valence-electron chi connectivity index (χ4n) is 3.25. The third-order valence-corrected chi connectivity index (χ3v) is 6.03. The molecule has 0 saturated heterocycles. The van der Waals surface area contributed by atoms with Crippen LogP contribution in [0.3, 0.4) is 0 Å². The van der Waals surface area contributed by atoms with Gasteiger partial charge in [-0.15, -0.1) is 11.8 Å². The van der Waals surface area contributed by atoms with Crippen molar-refractivity contribution >= 4 is 40.5 Å². The highest BCUT2D eigenvalue weighted by Gasteiger charge is 2.17.